The van der Waals surface area contributed by atoms with E-state index in [-0.39, 0.29) is 11.8 Å². The Morgan fingerprint density at radius 1 is 1.35 bits per heavy atom. The lowest BCUT2D eigenvalue weighted by Gasteiger charge is -2.19. The van der Waals surface area contributed by atoms with Gasteiger partial charge < -0.3 is 15.0 Å². The van der Waals surface area contributed by atoms with E-state index in [4.69, 9.17) is 10.3 Å². The third-order valence-electron chi connectivity index (χ3n) is 3.93. The van der Waals surface area contributed by atoms with Crippen molar-refractivity contribution >= 4 is 12.0 Å². The van der Waals surface area contributed by atoms with E-state index in [0.29, 0.717) is 32.6 Å². The number of alkyl carbamates (subject to hydrolysis) is 1. The Morgan fingerprint density at radius 3 is 2.62 bits per heavy atom. The molecule has 0 spiro atoms. The van der Waals surface area contributed by atoms with Gasteiger partial charge in [-0.1, -0.05) is 29.4 Å². The number of azide groups is 1. The molecule has 1 saturated heterocycles. The predicted octanol–water partition coefficient (Wildman–Crippen LogP) is 3.37. The molecule has 8 nitrogen and oxygen atoms in total. The van der Waals surface area contributed by atoms with Crippen molar-refractivity contribution in [3.63, 3.8) is 0 Å². The maximum absolute atomic E-state index is 12.0. The fourth-order valence-electron chi connectivity index (χ4n) is 2.75. The Balaban J connectivity index is 1.83. The summed E-state index contributed by atoms with van der Waals surface area (Å²) in [4.78, 5) is 28.2. The second kappa shape index (κ2) is 8.58. The summed E-state index contributed by atoms with van der Waals surface area (Å²) >= 11 is 0. The standard InChI is InChI=1S/C18H25N5O3/c1-18(2,3)26-17(25)20-9-13-4-6-14(7-5-13)11-23-12-15(8-16(23)24)10-21-22-19/h4-7,15H,8-12H2,1-3H3,(H,20,25). The Bertz CT molecular complexity index is 690. The van der Waals surface area contributed by atoms with Crippen LogP contribution in [0.3, 0.4) is 0 Å². The van der Waals surface area contributed by atoms with Gasteiger partial charge in [-0.2, -0.15) is 0 Å². The first-order valence-electron chi connectivity index (χ1n) is 8.60. The number of likely N-dealkylation sites (tertiary alicyclic amines) is 1. The van der Waals surface area contributed by atoms with Crippen LogP contribution in [0, 0.1) is 5.92 Å². The summed E-state index contributed by atoms with van der Waals surface area (Å²) in [7, 11) is 0. The van der Waals surface area contributed by atoms with Crippen LogP contribution in [-0.2, 0) is 22.6 Å². The number of hydrogen-bond acceptors (Lipinski definition) is 4. The number of carbonyl (C=O) groups excluding carboxylic acids is 2. The summed E-state index contributed by atoms with van der Waals surface area (Å²) in [5, 5.41) is 6.27. The van der Waals surface area contributed by atoms with Gasteiger partial charge in [0.15, 0.2) is 0 Å². The molecule has 1 heterocycles. The van der Waals surface area contributed by atoms with E-state index in [1.807, 2.05) is 45.0 Å². The monoisotopic (exact) mass is 359 g/mol. The highest BCUT2D eigenvalue weighted by Crippen LogP contribution is 2.20. The van der Waals surface area contributed by atoms with Crippen LogP contribution in [0.1, 0.15) is 38.3 Å². The van der Waals surface area contributed by atoms with E-state index in [9.17, 15) is 9.59 Å². The van der Waals surface area contributed by atoms with Gasteiger partial charge in [-0.15, -0.1) is 0 Å². The molecule has 1 aromatic rings. The molecular formula is C18H25N5O3. The smallest absolute Gasteiger partial charge is 0.407 e. The molecule has 0 aromatic heterocycles. The lowest BCUT2D eigenvalue weighted by atomic mass is 10.1. The Hall–Kier alpha value is -2.73. The van der Waals surface area contributed by atoms with Crippen LogP contribution in [0.25, 0.3) is 10.4 Å². The van der Waals surface area contributed by atoms with Crippen LogP contribution in [0.2, 0.25) is 0 Å². The lowest BCUT2D eigenvalue weighted by molar-refractivity contribution is -0.128. The van der Waals surface area contributed by atoms with E-state index < -0.39 is 11.7 Å². The van der Waals surface area contributed by atoms with E-state index in [0.717, 1.165) is 11.1 Å². The highest BCUT2D eigenvalue weighted by atomic mass is 16.6. The molecule has 1 aromatic carbocycles. The first-order valence-corrected chi connectivity index (χ1v) is 8.60. The van der Waals surface area contributed by atoms with Crippen molar-refractivity contribution in [1.29, 1.82) is 0 Å². The van der Waals surface area contributed by atoms with E-state index in [1.54, 1.807) is 4.90 Å². The van der Waals surface area contributed by atoms with Crippen molar-refractivity contribution in [2.45, 2.75) is 45.9 Å². The zero-order valence-electron chi connectivity index (χ0n) is 15.4. The second-order valence-electron chi connectivity index (χ2n) is 7.43. The first kappa shape index (κ1) is 19.6. The molecule has 1 fully saturated rings. The van der Waals surface area contributed by atoms with Crippen molar-refractivity contribution < 1.29 is 14.3 Å². The number of rotatable bonds is 6. The quantitative estimate of drug-likeness (QED) is 0.478. The highest BCUT2D eigenvalue weighted by Gasteiger charge is 2.28. The molecule has 2 amide bonds. The Labute approximate surface area is 153 Å². The van der Waals surface area contributed by atoms with Crippen molar-refractivity contribution in [2.75, 3.05) is 13.1 Å². The maximum atomic E-state index is 12.0. The second-order valence-corrected chi connectivity index (χ2v) is 7.43. The molecule has 1 aliphatic heterocycles. The van der Waals surface area contributed by atoms with Gasteiger partial charge in [0, 0.05) is 37.5 Å². The van der Waals surface area contributed by atoms with Gasteiger partial charge in [0.05, 0.1) is 0 Å². The third-order valence-corrected chi connectivity index (χ3v) is 3.93. The van der Waals surface area contributed by atoms with Crippen LogP contribution in [-0.4, -0.2) is 35.6 Å². The number of nitrogens with one attached hydrogen (secondary N) is 1. The molecule has 1 atom stereocenters. The first-order chi connectivity index (χ1) is 12.3. The van der Waals surface area contributed by atoms with Gasteiger partial charge in [0.2, 0.25) is 5.91 Å². The largest absolute Gasteiger partial charge is 0.444 e. The molecule has 0 radical (unpaired) electrons. The summed E-state index contributed by atoms with van der Waals surface area (Å²) < 4.78 is 5.20. The fourth-order valence-corrected chi connectivity index (χ4v) is 2.75. The molecule has 8 heteroatoms. The average Bonchev–Trinajstić information content (AvgIpc) is 2.90. The Kier molecular flexibility index (Phi) is 6.46. The summed E-state index contributed by atoms with van der Waals surface area (Å²) in [6.45, 7) is 7.33. The normalized spacial score (nSPS) is 17.0. The molecule has 26 heavy (non-hydrogen) atoms. The van der Waals surface area contributed by atoms with Gasteiger partial charge in [-0.25, -0.2) is 4.79 Å². The number of hydrogen-bond donors (Lipinski definition) is 1. The van der Waals surface area contributed by atoms with E-state index >= 15 is 0 Å². The zero-order valence-corrected chi connectivity index (χ0v) is 15.4. The number of nitrogens with zero attached hydrogens (tertiary/aromatic N) is 4. The molecule has 140 valence electrons. The lowest BCUT2D eigenvalue weighted by Crippen LogP contribution is -2.32. The summed E-state index contributed by atoms with van der Waals surface area (Å²) in [6, 6.07) is 7.73. The Morgan fingerprint density at radius 2 is 2.00 bits per heavy atom. The minimum Gasteiger partial charge on any atom is -0.444 e. The van der Waals surface area contributed by atoms with Crippen molar-refractivity contribution in [3.05, 3.63) is 45.8 Å². The maximum Gasteiger partial charge on any atom is 0.407 e. The van der Waals surface area contributed by atoms with Crippen LogP contribution >= 0.6 is 0 Å². The van der Waals surface area contributed by atoms with Crippen LogP contribution in [0.5, 0.6) is 0 Å². The summed E-state index contributed by atoms with van der Waals surface area (Å²) in [6.07, 6.45) is -0.0213. The zero-order chi connectivity index (χ0) is 19.2. The number of amides is 2. The topological polar surface area (TPSA) is 107 Å². The van der Waals surface area contributed by atoms with E-state index in [1.165, 1.54) is 0 Å². The number of carbonyl (C=O) groups is 2. The van der Waals surface area contributed by atoms with Crippen molar-refractivity contribution in [3.8, 4) is 0 Å². The SMILES string of the molecule is CC(C)(C)OC(=O)NCc1ccc(CN2CC(CN=[N+]=[N-])CC2=O)cc1. The molecular weight excluding hydrogens is 334 g/mol. The molecule has 1 unspecified atom stereocenters. The highest BCUT2D eigenvalue weighted by molar-refractivity contribution is 5.78. The summed E-state index contributed by atoms with van der Waals surface area (Å²) in [5.41, 5.74) is 9.83. The third kappa shape index (κ3) is 6.29. The molecule has 1 N–H and O–H groups in total. The molecule has 1 aliphatic rings. The molecule has 0 aliphatic carbocycles. The summed E-state index contributed by atoms with van der Waals surface area (Å²) in [5.74, 6) is 0.175. The van der Waals surface area contributed by atoms with E-state index in [2.05, 4.69) is 15.3 Å². The van der Waals surface area contributed by atoms with Gasteiger partial charge in [-0.05, 0) is 43.3 Å². The van der Waals surface area contributed by atoms with Crippen LogP contribution in [0.4, 0.5) is 4.79 Å². The van der Waals surface area contributed by atoms with Crippen LogP contribution in [0.15, 0.2) is 29.4 Å². The molecule has 0 bridgehead atoms. The van der Waals surface area contributed by atoms with Gasteiger partial charge in [0.1, 0.15) is 5.60 Å². The van der Waals surface area contributed by atoms with Gasteiger partial charge in [0.25, 0.3) is 0 Å². The van der Waals surface area contributed by atoms with Gasteiger partial charge >= 0.3 is 6.09 Å². The number of benzene rings is 1. The van der Waals surface area contributed by atoms with Crippen molar-refractivity contribution in [1.82, 2.24) is 10.2 Å². The molecule has 0 saturated carbocycles. The van der Waals surface area contributed by atoms with Crippen LogP contribution < -0.4 is 5.32 Å². The fraction of sp³-hybridized carbons (Fsp3) is 0.556. The minimum absolute atomic E-state index is 0.0822. The number of ether oxygens (including phenoxy) is 1. The predicted molar refractivity (Wildman–Crippen MR) is 97.1 cm³/mol. The molecule has 2 rings (SSSR count). The van der Waals surface area contributed by atoms with Gasteiger partial charge in [-0.3, -0.25) is 4.79 Å². The minimum atomic E-state index is -0.521. The average molecular weight is 359 g/mol. The van der Waals surface area contributed by atoms with Crippen molar-refractivity contribution in [2.24, 2.45) is 11.0 Å².